The van der Waals surface area contributed by atoms with Crippen molar-refractivity contribution in [3.8, 4) is 11.5 Å². The molecule has 0 aliphatic carbocycles. The molecule has 0 heterocycles. The highest BCUT2D eigenvalue weighted by Crippen LogP contribution is 2.30. The van der Waals surface area contributed by atoms with Crippen LogP contribution >= 0.6 is 0 Å². The zero-order valence-corrected chi connectivity index (χ0v) is 13.1. The smallest absolute Gasteiger partial charge is 0.387 e. The van der Waals surface area contributed by atoms with Crippen molar-refractivity contribution in [1.82, 2.24) is 0 Å². The number of benzene rings is 3. The summed E-state index contributed by atoms with van der Waals surface area (Å²) in [7, 11) is 1.60. The largest absolute Gasteiger partial charge is 0.497 e. The van der Waals surface area contributed by atoms with Crippen molar-refractivity contribution in [1.29, 1.82) is 0 Å². The number of halogens is 2. The molecule has 0 aromatic heterocycles. The van der Waals surface area contributed by atoms with Gasteiger partial charge in [-0.3, -0.25) is 0 Å². The minimum atomic E-state index is -2.86. The van der Waals surface area contributed by atoms with Crippen LogP contribution in [0.25, 0.3) is 10.8 Å². The van der Waals surface area contributed by atoms with Gasteiger partial charge in [-0.15, -0.1) is 0 Å². The Morgan fingerprint density at radius 2 is 1.83 bits per heavy atom. The Morgan fingerprint density at radius 1 is 1.00 bits per heavy atom. The van der Waals surface area contributed by atoms with E-state index in [0.717, 1.165) is 22.2 Å². The number of hydrogen-bond donors (Lipinski definition) is 1. The molecule has 0 aliphatic heterocycles. The molecule has 3 rings (SSSR count). The van der Waals surface area contributed by atoms with Crippen molar-refractivity contribution >= 4 is 16.5 Å². The summed E-state index contributed by atoms with van der Waals surface area (Å²) in [4.78, 5) is 0. The Labute approximate surface area is 138 Å². The fraction of sp³-hybridized carbons (Fsp3) is 0.158. The number of ether oxygens (including phenoxy) is 2. The second kappa shape index (κ2) is 7.17. The number of nitrogens with one attached hydrogen (secondary N) is 1. The topological polar surface area (TPSA) is 30.5 Å². The van der Waals surface area contributed by atoms with Gasteiger partial charge in [-0.05, 0) is 29.0 Å². The summed E-state index contributed by atoms with van der Waals surface area (Å²) in [5.74, 6) is 0.904. The summed E-state index contributed by atoms with van der Waals surface area (Å²) < 4.78 is 35.3. The highest BCUT2D eigenvalue weighted by atomic mass is 19.3. The van der Waals surface area contributed by atoms with Crippen LogP contribution in [-0.4, -0.2) is 13.7 Å². The first-order valence-electron chi connectivity index (χ1n) is 7.51. The van der Waals surface area contributed by atoms with Gasteiger partial charge in [0.15, 0.2) is 0 Å². The average Bonchev–Trinajstić information content (AvgIpc) is 2.60. The predicted molar refractivity (Wildman–Crippen MR) is 90.9 cm³/mol. The Morgan fingerprint density at radius 3 is 2.62 bits per heavy atom. The van der Waals surface area contributed by atoms with Crippen LogP contribution in [0.5, 0.6) is 11.5 Å². The molecule has 1 N–H and O–H groups in total. The molecule has 3 aromatic carbocycles. The number of alkyl halides is 2. The van der Waals surface area contributed by atoms with E-state index in [4.69, 9.17) is 4.74 Å². The molecule has 0 saturated heterocycles. The molecule has 3 nitrogen and oxygen atoms in total. The van der Waals surface area contributed by atoms with Crippen molar-refractivity contribution in [2.75, 3.05) is 12.4 Å². The van der Waals surface area contributed by atoms with Crippen molar-refractivity contribution < 1.29 is 18.3 Å². The number of anilines is 1. The van der Waals surface area contributed by atoms with E-state index in [2.05, 4.69) is 10.1 Å². The van der Waals surface area contributed by atoms with Crippen LogP contribution < -0.4 is 14.8 Å². The Balaban J connectivity index is 1.93. The van der Waals surface area contributed by atoms with Crippen LogP contribution in [0, 0.1) is 0 Å². The highest BCUT2D eigenvalue weighted by Gasteiger charge is 2.13. The van der Waals surface area contributed by atoms with Gasteiger partial charge in [-0.2, -0.15) is 8.78 Å². The van der Waals surface area contributed by atoms with Gasteiger partial charge in [0.25, 0.3) is 0 Å². The molecule has 0 aliphatic rings. The van der Waals surface area contributed by atoms with Crippen LogP contribution in [0.15, 0.2) is 60.7 Å². The third-order valence-corrected chi connectivity index (χ3v) is 3.75. The number of fused-ring (bicyclic) bond motifs is 1. The van der Waals surface area contributed by atoms with Gasteiger partial charge in [0.05, 0.1) is 7.11 Å². The van der Waals surface area contributed by atoms with E-state index in [-0.39, 0.29) is 5.75 Å². The second-order valence-electron chi connectivity index (χ2n) is 5.23. The predicted octanol–water partition coefficient (Wildman–Crippen LogP) is 5.06. The van der Waals surface area contributed by atoms with E-state index in [1.165, 1.54) is 0 Å². The van der Waals surface area contributed by atoms with Crippen LogP contribution in [0.1, 0.15) is 5.56 Å². The van der Waals surface area contributed by atoms with E-state index in [1.807, 2.05) is 48.5 Å². The molecule has 24 heavy (non-hydrogen) atoms. The van der Waals surface area contributed by atoms with E-state index in [0.29, 0.717) is 12.1 Å². The van der Waals surface area contributed by atoms with Gasteiger partial charge in [-0.25, -0.2) is 0 Å². The molecule has 5 heteroatoms. The summed E-state index contributed by atoms with van der Waals surface area (Å²) in [6, 6.07) is 18.4. The maximum Gasteiger partial charge on any atom is 0.387 e. The molecule has 0 saturated carbocycles. The Bertz CT molecular complexity index is 836. The average molecular weight is 329 g/mol. The van der Waals surface area contributed by atoms with Gasteiger partial charge in [0.2, 0.25) is 0 Å². The molecule has 0 fully saturated rings. The molecule has 0 radical (unpaired) electrons. The third-order valence-electron chi connectivity index (χ3n) is 3.75. The normalized spacial score (nSPS) is 10.8. The number of hydrogen-bond acceptors (Lipinski definition) is 3. The first kappa shape index (κ1) is 16.1. The molecule has 0 bridgehead atoms. The van der Waals surface area contributed by atoms with Crippen molar-refractivity contribution in [3.05, 3.63) is 66.2 Å². The lowest BCUT2D eigenvalue weighted by molar-refractivity contribution is -0.0502. The standard InChI is InChI=1S/C19H17F2NO2/c1-23-15-7-4-6-14(11-15)22-12-17-16-8-3-2-5-13(16)9-10-18(17)24-19(20)21/h2-11,19,22H,12H2,1H3. The Kier molecular flexibility index (Phi) is 4.79. The summed E-state index contributed by atoms with van der Waals surface area (Å²) in [6.07, 6.45) is 0. The molecule has 0 unspecified atom stereocenters. The van der Waals surface area contributed by atoms with E-state index < -0.39 is 6.61 Å². The molecular weight excluding hydrogens is 312 g/mol. The quantitative estimate of drug-likeness (QED) is 0.685. The molecule has 0 amide bonds. The maximum atomic E-state index is 12.7. The lowest BCUT2D eigenvalue weighted by atomic mass is 10.0. The molecule has 0 spiro atoms. The van der Waals surface area contributed by atoms with Crippen molar-refractivity contribution in [2.45, 2.75) is 13.2 Å². The second-order valence-corrected chi connectivity index (χ2v) is 5.23. The van der Waals surface area contributed by atoms with Crippen molar-refractivity contribution in [2.24, 2.45) is 0 Å². The SMILES string of the molecule is COc1cccc(NCc2c(OC(F)F)ccc3ccccc23)c1. The van der Waals surface area contributed by atoms with Crippen LogP contribution in [-0.2, 0) is 6.54 Å². The van der Waals surface area contributed by atoms with E-state index in [9.17, 15) is 8.78 Å². The van der Waals surface area contributed by atoms with Gasteiger partial charge in [0.1, 0.15) is 11.5 Å². The fourth-order valence-corrected chi connectivity index (χ4v) is 2.63. The van der Waals surface area contributed by atoms with E-state index in [1.54, 1.807) is 19.2 Å². The number of rotatable bonds is 6. The summed E-state index contributed by atoms with van der Waals surface area (Å²) in [5.41, 5.74) is 1.53. The maximum absolute atomic E-state index is 12.7. The zero-order valence-electron chi connectivity index (χ0n) is 13.1. The van der Waals surface area contributed by atoms with Crippen LogP contribution in [0.2, 0.25) is 0 Å². The first-order valence-corrected chi connectivity index (χ1v) is 7.51. The monoisotopic (exact) mass is 329 g/mol. The highest BCUT2D eigenvalue weighted by molar-refractivity contribution is 5.88. The third kappa shape index (κ3) is 3.56. The van der Waals surface area contributed by atoms with Crippen LogP contribution in [0.3, 0.4) is 0 Å². The van der Waals surface area contributed by atoms with Crippen LogP contribution in [0.4, 0.5) is 14.5 Å². The molecule has 124 valence electrons. The van der Waals surface area contributed by atoms with Gasteiger partial charge in [-0.1, -0.05) is 36.4 Å². The van der Waals surface area contributed by atoms with Gasteiger partial charge < -0.3 is 14.8 Å². The zero-order chi connectivity index (χ0) is 16.9. The number of methoxy groups -OCH3 is 1. The van der Waals surface area contributed by atoms with Crippen molar-refractivity contribution in [3.63, 3.8) is 0 Å². The minimum Gasteiger partial charge on any atom is -0.497 e. The molecule has 3 aromatic rings. The first-order chi connectivity index (χ1) is 11.7. The molecule has 0 atom stereocenters. The summed E-state index contributed by atoms with van der Waals surface area (Å²) in [6.45, 7) is -2.50. The Hall–Kier alpha value is -2.82. The van der Waals surface area contributed by atoms with E-state index >= 15 is 0 Å². The molecular formula is C19H17F2NO2. The fourth-order valence-electron chi connectivity index (χ4n) is 2.63. The summed E-state index contributed by atoms with van der Waals surface area (Å²) in [5, 5.41) is 5.09. The lowest BCUT2D eigenvalue weighted by Gasteiger charge is -2.15. The van der Waals surface area contributed by atoms with Gasteiger partial charge >= 0.3 is 6.61 Å². The summed E-state index contributed by atoms with van der Waals surface area (Å²) >= 11 is 0. The lowest BCUT2D eigenvalue weighted by Crippen LogP contribution is -2.08. The minimum absolute atomic E-state index is 0.180. The van der Waals surface area contributed by atoms with Gasteiger partial charge in [0, 0.05) is 23.9 Å².